The fourth-order valence-electron chi connectivity index (χ4n) is 3.47. The van der Waals surface area contributed by atoms with E-state index in [-0.39, 0.29) is 11.7 Å². The number of rotatable bonds is 2. The summed E-state index contributed by atoms with van der Waals surface area (Å²) >= 11 is 0. The summed E-state index contributed by atoms with van der Waals surface area (Å²) in [5.41, 5.74) is 9.50. The van der Waals surface area contributed by atoms with Crippen LogP contribution in [-0.2, 0) is 6.54 Å². The molecule has 0 spiro atoms. The summed E-state index contributed by atoms with van der Waals surface area (Å²) in [6.45, 7) is 1.37. The molecule has 4 nitrogen and oxygen atoms in total. The summed E-state index contributed by atoms with van der Waals surface area (Å²) in [4.78, 5) is 0. The van der Waals surface area contributed by atoms with Crippen molar-refractivity contribution in [2.45, 2.75) is 18.9 Å². The number of fused-ring (bicyclic) bond motifs is 1. The first-order valence-electron chi connectivity index (χ1n) is 8.40. The zero-order chi connectivity index (χ0) is 17.2. The van der Waals surface area contributed by atoms with E-state index < -0.39 is 0 Å². The van der Waals surface area contributed by atoms with Gasteiger partial charge in [-0.2, -0.15) is 0 Å². The fourth-order valence-corrected chi connectivity index (χ4v) is 3.47. The van der Waals surface area contributed by atoms with Gasteiger partial charge in [0.2, 0.25) is 0 Å². The van der Waals surface area contributed by atoms with Crippen molar-refractivity contribution in [3.63, 3.8) is 0 Å². The summed E-state index contributed by atoms with van der Waals surface area (Å²) in [5.74, 6) is 0.281. The SMILES string of the molecule is Nc1ccc(-c2ccc3c(c2F)CNCCC3c2ccccc2)nn1. The third kappa shape index (κ3) is 2.98. The van der Waals surface area contributed by atoms with Crippen LogP contribution in [0.1, 0.15) is 29.0 Å². The van der Waals surface area contributed by atoms with Crippen LogP contribution in [0.15, 0.2) is 54.6 Å². The van der Waals surface area contributed by atoms with E-state index in [0.29, 0.717) is 29.2 Å². The molecule has 2 aromatic carbocycles. The van der Waals surface area contributed by atoms with E-state index in [4.69, 9.17) is 5.73 Å². The molecule has 0 fully saturated rings. The Balaban J connectivity index is 1.82. The quantitative estimate of drug-likeness (QED) is 0.753. The number of aromatic nitrogens is 2. The van der Waals surface area contributed by atoms with Gasteiger partial charge >= 0.3 is 0 Å². The lowest BCUT2D eigenvalue weighted by Gasteiger charge is -2.19. The van der Waals surface area contributed by atoms with Gasteiger partial charge in [-0.05, 0) is 42.3 Å². The highest BCUT2D eigenvalue weighted by molar-refractivity contribution is 5.63. The second-order valence-corrected chi connectivity index (χ2v) is 6.27. The van der Waals surface area contributed by atoms with Gasteiger partial charge < -0.3 is 11.1 Å². The van der Waals surface area contributed by atoms with E-state index in [1.807, 2.05) is 24.3 Å². The minimum atomic E-state index is -0.230. The van der Waals surface area contributed by atoms with Crippen molar-refractivity contribution in [2.75, 3.05) is 12.3 Å². The third-order valence-electron chi connectivity index (χ3n) is 4.73. The topological polar surface area (TPSA) is 63.8 Å². The zero-order valence-electron chi connectivity index (χ0n) is 13.7. The number of hydrogen-bond donors (Lipinski definition) is 2. The zero-order valence-corrected chi connectivity index (χ0v) is 13.7. The summed E-state index contributed by atoms with van der Waals surface area (Å²) in [7, 11) is 0. The first-order valence-corrected chi connectivity index (χ1v) is 8.40. The van der Waals surface area contributed by atoms with Crippen LogP contribution in [0.5, 0.6) is 0 Å². The molecule has 1 aliphatic heterocycles. The number of nitrogen functional groups attached to an aromatic ring is 1. The molecular formula is C20H19FN4. The van der Waals surface area contributed by atoms with E-state index >= 15 is 4.39 Å². The van der Waals surface area contributed by atoms with E-state index in [1.54, 1.807) is 18.2 Å². The van der Waals surface area contributed by atoms with Crippen molar-refractivity contribution in [3.8, 4) is 11.3 Å². The van der Waals surface area contributed by atoms with Crippen LogP contribution in [0.3, 0.4) is 0 Å². The van der Waals surface area contributed by atoms with Gasteiger partial charge in [-0.3, -0.25) is 0 Å². The lowest BCUT2D eigenvalue weighted by molar-refractivity contribution is 0.596. The number of nitrogens with zero attached hydrogens (tertiary/aromatic N) is 2. The average Bonchev–Trinajstić information content (AvgIpc) is 2.87. The maximum atomic E-state index is 15.3. The molecule has 1 aliphatic rings. The molecule has 0 amide bonds. The monoisotopic (exact) mass is 334 g/mol. The Kier molecular flexibility index (Phi) is 4.15. The number of hydrogen-bond acceptors (Lipinski definition) is 4. The fraction of sp³-hybridized carbons (Fsp3) is 0.200. The first kappa shape index (κ1) is 15.7. The largest absolute Gasteiger partial charge is 0.382 e. The van der Waals surface area contributed by atoms with E-state index in [1.165, 1.54) is 5.56 Å². The molecule has 0 aliphatic carbocycles. The summed E-state index contributed by atoms with van der Waals surface area (Å²) in [5, 5.41) is 11.2. The summed E-state index contributed by atoms with van der Waals surface area (Å²) < 4.78 is 15.3. The maximum Gasteiger partial charge on any atom is 0.146 e. The van der Waals surface area contributed by atoms with Crippen LogP contribution < -0.4 is 11.1 Å². The number of halogens is 1. The highest BCUT2D eigenvalue weighted by atomic mass is 19.1. The Bertz CT molecular complexity index is 878. The highest BCUT2D eigenvalue weighted by Crippen LogP contribution is 2.36. The van der Waals surface area contributed by atoms with Crippen molar-refractivity contribution in [2.24, 2.45) is 0 Å². The predicted molar refractivity (Wildman–Crippen MR) is 96.4 cm³/mol. The van der Waals surface area contributed by atoms with Crippen LogP contribution in [0.4, 0.5) is 10.2 Å². The Labute approximate surface area is 145 Å². The van der Waals surface area contributed by atoms with Gasteiger partial charge in [-0.15, -0.1) is 10.2 Å². The molecule has 25 heavy (non-hydrogen) atoms. The van der Waals surface area contributed by atoms with Crippen molar-refractivity contribution < 1.29 is 4.39 Å². The molecular weight excluding hydrogens is 315 g/mol. The second-order valence-electron chi connectivity index (χ2n) is 6.27. The van der Waals surface area contributed by atoms with Crippen LogP contribution in [-0.4, -0.2) is 16.7 Å². The van der Waals surface area contributed by atoms with Crippen molar-refractivity contribution in [1.82, 2.24) is 15.5 Å². The lowest BCUT2D eigenvalue weighted by atomic mass is 9.85. The summed E-state index contributed by atoms with van der Waals surface area (Å²) in [6, 6.07) is 17.4. The second kappa shape index (κ2) is 6.61. The lowest BCUT2D eigenvalue weighted by Crippen LogP contribution is -2.13. The molecule has 2 heterocycles. The maximum absolute atomic E-state index is 15.3. The minimum Gasteiger partial charge on any atom is -0.382 e. The van der Waals surface area contributed by atoms with E-state index in [0.717, 1.165) is 18.5 Å². The molecule has 4 rings (SSSR count). The molecule has 1 unspecified atom stereocenters. The van der Waals surface area contributed by atoms with Crippen LogP contribution in [0.25, 0.3) is 11.3 Å². The molecule has 0 saturated carbocycles. The number of anilines is 1. The van der Waals surface area contributed by atoms with Crippen LogP contribution >= 0.6 is 0 Å². The number of benzene rings is 2. The Morgan fingerprint density at radius 3 is 2.60 bits per heavy atom. The van der Waals surface area contributed by atoms with Gasteiger partial charge in [-0.25, -0.2) is 4.39 Å². The molecule has 0 radical (unpaired) electrons. The van der Waals surface area contributed by atoms with Crippen molar-refractivity contribution in [1.29, 1.82) is 0 Å². The highest BCUT2D eigenvalue weighted by Gasteiger charge is 2.24. The molecule has 0 saturated heterocycles. The van der Waals surface area contributed by atoms with Crippen molar-refractivity contribution in [3.05, 3.63) is 77.1 Å². The molecule has 3 N–H and O–H groups in total. The van der Waals surface area contributed by atoms with Gasteiger partial charge in [-0.1, -0.05) is 36.4 Å². The van der Waals surface area contributed by atoms with Gasteiger partial charge in [0.1, 0.15) is 11.6 Å². The smallest absolute Gasteiger partial charge is 0.146 e. The molecule has 3 aromatic rings. The normalized spacial score (nSPS) is 16.9. The molecule has 5 heteroatoms. The Morgan fingerprint density at radius 1 is 1.00 bits per heavy atom. The van der Waals surface area contributed by atoms with Crippen LogP contribution in [0, 0.1) is 5.82 Å². The van der Waals surface area contributed by atoms with Crippen molar-refractivity contribution >= 4 is 5.82 Å². The van der Waals surface area contributed by atoms with Gasteiger partial charge in [0.25, 0.3) is 0 Å². The molecule has 0 bridgehead atoms. The minimum absolute atomic E-state index is 0.187. The van der Waals surface area contributed by atoms with Crippen LogP contribution in [0.2, 0.25) is 0 Å². The summed E-state index contributed by atoms with van der Waals surface area (Å²) in [6.07, 6.45) is 0.942. The Hall–Kier alpha value is -2.79. The third-order valence-corrected chi connectivity index (χ3v) is 4.73. The van der Waals surface area contributed by atoms with E-state index in [2.05, 4.69) is 27.6 Å². The molecule has 1 aromatic heterocycles. The Morgan fingerprint density at radius 2 is 1.84 bits per heavy atom. The number of nitrogens with two attached hydrogens (primary N) is 1. The standard InChI is InChI=1S/C20H19FN4/c21-20-16(18-8-9-19(22)25-24-18)7-6-15-14(10-11-23-12-17(15)20)13-4-2-1-3-5-13/h1-9,14,23H,10-12H2,(H2,22,25). The average molecular weight is 334 g/mol. The molecule has 1 atom stereocenters. The molecule has 126 valence electrons. The first-order chi connectivity index (χ1) is 12.2. The predicted octanol–water partition coefficient (Wildman–Crippen LogP) is 3.49. The van der Waals surface area contributed by atoms with Gasteiger partial charge in [0, 0.05) is 23.6 Å². The van der Waals surface area contributed by atoms with Gasteiger partial charge in [0.15, 0.2) is 0 Å². The van der Waals surface area contributed by atoms with Gasteiger partial charge in [0.05, 0.1) is 5.69 Å². The van der Waals surface area contributed by atoms with E-state index in [9.17, 15) is 0 Å². The number of nitrogens with one attached hydrogen (secondary N) is 1.